The van der Waals surface area contributed by atoms with E-state index in [1.165, 1.54) is 25.8 Å². The minimum absolute atomic E-state index is 0.134. The monoisotopic (exact) mass is 397 g/mol. The number of carbonyl (C=O) groups is 1. The van der Waals surface area contributed by atoms with Crippen molar-refractivity contribution in [2.24, 2.45) is 5.41 Å². The van der Waals surface area contributed by atoms with Crippen LogP contribution in [-0.2, 0) is 4.79 Å². The van der Waals surface area contributed by atoms with Crippen molar-refractivity contribution in [1.29, 1.82) is 0 Å². The maximum Gasteiger partial charge on any atom is 0.233 e. The number of amides is 1. The van der Waals surface area contributed by atoms with Gasteiger partial charge in [0.2, 0.25) is 5.91 Å². The van der Waals surface area contributed by atoms with Gasteiger partial charge in [0.05, 0.1) is 16.8 Å². The van der Waals surface area contributed by atoms with Crippen LogP contribution in [0.15, 0.2) is 12.1 Å². The van der Waals surface area contributed by atoms with Crippen molar-refractivity contribution in [2.45, 2.75) is 64.5 Å². The van der Waals surface area contributed by atoms with Crippen LogP contribution in [0.3, 0.4) is 0 Å². The van der Waals surface area contributed by atoms with E-state index in [2.05, 4.69) is 41.1 Å². The van der Waals surface area contributed by atoms with E-state index in [1.54, 1.807) is 0 Å². The molecular formula is C23H35N5O. The second-order valence-corrected chi connectivity index (χ2v) is 9.63. The molecule has 0 unspecified atom stereocenters. The number of carbonyl (C=O) groups excluding carboxylic acids is 1. The van der Waals surface area contributed by atoms with Crippen LogP contribution in [0.1, 0.15) is 51.1 Å². The van der Waals surface area contributed by atoms with Crippen LogP contribution in [0.4, 0.5) is 11.5 Å². The maximum absolute atomic E-state index is 13.3. The van der Waals surface area contributed by atoms with Crippen LogP contribution >= 0.6 is 0 Å². The second kappa shape index (κ2) is 7.55. The fraction of sp³-hybridized carbons (Fsp3) is 0.739. The first-order chi connectivity index (χ1) is 14.1. The van der Waals surface area contributed by atoms with Crippen LogP contribution in [0.25, 0.3) is 0 Å². The number of pyridine rings is 1. The summed E-state index contributed by atoms with van der Waals surface area (Å²) < 4.78 is 0. The standard InChI is InChI=1S/C23H35N5O/c1-17-4-3-13-27(17)19-7-14-26(16-19)21-6-5-20(18(2)25-21)28-15-10-23(22(28)29)8-11-24-12-9-23/h5-6,17,19,24H,3-4,7-16H2,1-2H3/t17-,19+/m0/s1. The summed E-state index contributed by atoms with van der Waals surface area (Å²) >= 11 is 0. The first-order valence-corrected chi connectivity index (χ1v) is 11.6. The van der Waals surface area contributed by atoms with Gasteiger partial charge in [-0.05, 0) is 84.1 Å². The van der Waals surface area contributed by atoms with Gasteiger partial charge in [-0.15, -0.1) is 0 Å². The third-order valence-electron chi connectivity index (χ3n) is 7.97. The van der Waals surface area contributed by atoms with Gasteiger partial charge in [-0.2, -0.15) is 0 Å². The van der Waals surface area contributed by atoms with Gasteiger partial charge in [0.1, 0.15) is 5.82 Å². The third-order valence-corrected chi connectivity index (χ3v) is 7.97. The summed E-state index contributed by atoms with van der Waals surface area (Å²) in [6.07, 6.45) is 6.83. The third kappa shape index (κ3) is 3.34. The molecule has 0 bridgehead atoms. The van der Waals surface area contributed by atoms with Crippen LogP contribution in [-0.4, -0.2) is 67.1 Å². The number of hydrogen-bond donors (Lipinski definition) is 1. The number of nitrogens with zero attached hydrogens (tertiary/aromatic N) is 4. The smallest absolute Gasteiger partial charge is 0.233 e. The lowest BCUT2D eigenvalue weighted by atomic mass is 9.77. The van der Waals surface area contributed by atoms with Gasteiger partial charge >= 0.3 is 0 Å². The summed E-state index contributed by atoms with van der Waals surface area (Å²) in [5, 5.41) is 3.40. The average molecular weight is 398 g/mol. The number of piperidine rings is 1. The topological polar surface area (TPSA) is 51.7 Å². The van der Waals surface area contributed by atoms with Crippen molar-refractivity contribution in [2.75, 3.05) is 49.1 Å². The van der Waals surface area contributed by atoms with E-state index in [1.807, 2.05) is 4.90 Å². The summed E-state index contributed by atoms with van der Waals surface area (Å²) in [5.41, 5.74) is 1.86. The van der Waals surface area contributed by atoms with E-state index in [0.717, 1.165) is 75.2 Å². The molecule has 0 saturated carbocycles. The van der Waals surface area contributed by atoms with Crippen molar-refractivity contribution < 1.29 is 4.79 Å². The number of aryl methyl sites for hydroxylation is 1. The van der Waals surface area contributed by atoms with Gasteiger partial charge in [0, 0.05) is 31.7 Å². The Labute approximate surface area is 174 Å². The fourth-order valence-electron chi connectivity index (χ4n) is 6.14. The fourth-order valence-corrected chi connectivity index (χ4v) is 6.14. The van der Waals surface area contributed by atoms with E-state index >= 15 is 0 Å². The molecule has 4 saturated heterocycles. The molecule has 4 fully saturated rings. The van der Waals surface area contributed by atoms with Crippen molar-refractivity contribution in [3.8, 4) is 0 Å². The number of anilines is 2. The number of hydrogen-bond acceptors (Lipinski definition) is 5. The molecule has 2 atom stereocenters. The van der Waals surface area contributed by atoms with Gasteiger partial charge < -0.3 is 15.1 Å². The zero-order valence-electron chi connectivity index (χ0n) is 18.0. The molecule has 1 aromatic rings. The lowest BCUT2D eigenvalue weighted by Gasteiger charge is -2.32. The summed E-state index contributed by atoms with van der Waals surface area (Å²) in [6, 6.07) is 5.66. The van der Waals surface area contributed by atoms with Gasteiger partial charge in [0.15, 0.2) is 0 Å². The molecule has 0 aromatic carbocycles. The predicted octanol–water partition coefficient (Wildman–Crippen LogP) is 2.56. The lowest BCUT2D eigenvalue weighted by Crippen LogP contribution is -2.42. The van der Waals surface area contributed by atoms with Crippen molar-refractivity contribution in [3.05, 3.63) is 17.8 Å². The largest absolute Gasteiger partial charge is 0.355 e. The van der Waals surface area contributed by atoms with Crippen LogP contribution in [0.5, 0.6) is 0 Å². The van der Waals surface area contributed by atoms with Gasteiger partial charge in [0.25, 0.3) is 0 Å². The Hall–Kier alpha value is -1.66. The zero-order valence-corrected chi connectivity index (χ0v) is 18.0. The normalized spacial score (nSPS) is 30.1. The Kier molecular flexibility index (Phi) is 5.03. The summed E-state index contributed by atoms with van der Waals surface area (Å²) in [7, 11) is 0. The molecule has 158 valence electrons. The zero-order chi connectivity index (χ0) is 20.0. The van der Waals surface area contributed by atoms with E-state index in [9.17, 15) is 4.79 Å². The van der Waals surface area contributed by atoms with Crippen LogP contribution < -0.4 is 15.1 Å². The minimum Gasteiger partial charge on any atom is -0.355 e. The molecule has 4 aliphatic heterocycles. The second-order valence-electron chi connectivity index (χ2n) is 9.63. The van der Waals surface area contributed by atoms with Crippen LogP contribution in [0, 0.1) is 12.3 Å². The molecule has 5 heterocycles. The molecule has 1 amide bonds. The maximum atomic E-state index is 13.3. The Balaban J connectivity index is 1.29. The molecule has 5 rings (SSSR count). The Morgan fingerprint density at radius 2 is 1.93 bits per heavy atom. The van der Waals surface area contributed by atoms with E-state index in [0.29, 0.717) is 11.9 Å². The molecule has 0 aliphatic carbocycles. The lowest BCUT2D eigenvalue weighted by molar-refractivity contribution is -0.126. The molecule has 4 aliphatic rings. The molecular weight excluding hydrogens is 362 g/mol. The molecule has 29 heavy (non-hydrogen) atoms. The van der Waals surface area contributed by atoms with Crippen molar-refractivity contribution in [3.63, 3.8) is 0 Å². The Morgan fingerprint density at radius 1 is 1.10 bits per heavy atom. The summed E-state index contributed by atoms with van der Waals surface area (Å²) in [5.74, 6) is 1.39. The highest BCUT2D eigenvalue weighted by atomic mass is 16.2. The quantitative estimate of drug-likeness (QED) is 0.850. The average Bonchev–Trinajstić information content (AvgIpc) is 3.44. The van der Waals surface area contributed by atoms with Gasteiger partial charge in [-0.25, -0.2) is 4.98 Å². The number of nitrogens with one attached hydrogen (secondary N) is 1. The first kappa shape index (κ1) is 19.3. The molecule has 6 nitrogen and oxygen atoms in total. The first-order valence-electron chi connectivity index (χ1n) is 11.6. The number of aromatic nitrogens is 1. The SMILES string of the molecule is Cc1nc(N2CC[C@@H](N3CCC[C@@H]3C)C2)ccc1N1CCC2(CCNCC2)C1=O. The van der Waals surface area contributed by atoms with Gasteiger partial charge in [-0.3, -0.25) is 9.69 Å². The Morgan fingerprint density at radius 3 is 2.66 bits per heavy atom. The summed E-state index contributed by atoms with van der Waals surface area (Å²) in [6.45, 7) is 10.6. The highest BCUT2D eigenvalue weighted by molar-refractivity contribution is 6.00. The van der Waals surface area contributed by atoms with E-state index in [4.69, 9.17) is 4.98 Å². The molecule has 1 aromatic heterocycles. The van der Waals surface area contributed by atoms with Crippen molar-refractivity contribution >= 4 is 17.4 Å². The highest BCUT2D eigenvalue weighted by Crippen LogP contribution is 2.42. The van der Waals surface area contributed by atoms with Crippen LogP contribution in [0.2, 0.25) is 0 Å². The van der Waals surface area contributed by atoms with Gasteiger partial charge in [-0.1, -0.05) is 0 Å². The summed E-state index contributed by atoms with van der Waals surface area (Å²) in [4.78, 5) is 25.3. The van der Waals surface area contributed by atoms with E-state index < -0.39 is 0 Å². The molecule has 0 radical (unpaired) electrons. The van der Waals surface area contributed by atoms with Crippen molar-refractivity contribution in [1.82, 2.24) is 15.2 Å². The highest BCUT2D eigenvalue weighted by Gasteiger charge is 2.47. The Bertz CT molecular complexity index is 775. The molecule has 1 N–H and O–H groups in total. The number of likely N-dealkylation sites (tertiary alicyclic amines) is 1. The van der Waals surface area contributed by atoms with E-state index in [-0.39, 0.29) is 5.41 Å². The predicted molar refractivity (Wildman–Crippen MR) is 117 cm³/mol. The number of rotatable bonds is 3. The molecule has 6 heteroatoms. The molecule has 1 spiro atoms. The minimum atomic E-state index is -0.134.